The van der Waals surface area contributed by atoms with E-state index in [-0.39, 0.29) is 5.82 Å². The summed E-state index contributed by atoms with van der Waals surface area (Å²) in [6.07, 6.45) is 1.26. The van der Waals surface area contributed by atoms with E-state index in [1.54, 1.807) is 4.72 Å². The molecule has 0 atom stereocenters. The molecule has 0 unspecified atom stereocenters. The molecule has 21 heavy (non-hydrogen) atoms. The molecule has 0 fully saturated rings. The largest absolute Gasteiger partial charge is 0.383 e. The van der Waals surface area contributed by atoms with Crippen LogP contribution in [0, 0.1) is 17.5 Å². The predicted octanol–water partition coefficient (Wildman–Crippen LogP) is 2.64. The first-order valence-electron chi connectivity index (χ1n) is 5.29. The number of nitrogen functional groups attached to an aromatic ring is 1. The lowest BCUT2D eigenvalue weighted by Crippen LogP contribution is -2.17. The Labute approximate surface area is 126 Å². The molecule has 1 heterocycles. The zero-order valence-electron chi connectivity index (χ0n) is 10.1. The van der Waals surface area contributed by atoms with E-state index in [4.69, 9.17) is 5.73 Å². The second kappa shape index (κ2) is 5.53. The van der Waals surface area contributed by atoms with Crippen LogP contribution in [0.25, 0.3) is 0 Å². The number of rotatable bonds is 3. The van der Waals surface area contributed by atoms with Gasteiger partial charge >= 0.3 is 0 Å². The second-order valence-corrected chi connectivity index (χ2v) is 6.45. The number of anilines is 2. The van der Waals surface area contributed by atoms with Crippen LogP contribution < -0.4 is 10.5 Å². The van der Waals surface area contributed by atoms with Crippen LogP contribution in [0.4, 0.5) is 24.7 Å². The standard InChI is InChI=1S/C11H7BrF3N3O2S/c12-5-1-9(11(16)17-4-5)21(19,20)18-10-7(14)2-6(13)3-8(10)15/h1-4,18H,(H2,16,17). The van der Waals surface area contributed by atoms with Crippen LogP contribution in [-0.4, -0.2) is 13.4 Å². The molecule has 1 aromatic heterocycles. The quantitative estimate of drug-likeness (QED) is 0.855. The number of benzene rings is 1. The van der Waals surface area contributed by atoms with Crippen molar-refractivity contribution < 1.29 is 21.6 Å². The molecule has 1 aromatic carbocycles. The number of halogens is 4. The van der Waals surface area contributed by atoms with Gasteiger partial charge in [-0.15, -0.1) is 0 Å². The van der Waals surface area contributed by atoms with Gasteiger partial charge in [0.2, 0.25) is 0 Å². The van der Waals surface area contributed by atoms with Crippen molar-refractivity contribution in [1.29, 1.82) is 0 Å². The first kappa shape index (κ1) is 15.6. The molecule has 5 nitrogen and oxygen atoms in total. The van der Waals surface area contributed by atoms with E-state index < -0.39 is 38.1 Å². The Morgan fingerprint density at radius 1 is 1.14 bits per heavy atom. The van der Waals surface area contributed by atoms with Crippen molar-refractivity contribution in [2.24, 2.45) is 0 Å². The number of pyridine rings is 1. The molecule has 10 heteroatoms. The van der Waals surface area contributed by atoms with Crippen molar-refractivity contribution in [2.75, 3.05) is 10.5 Å². The average molecular weight is 382 g/mol. The van der Waals surface area contributed by atoms with Gasteiger partial charge < -0.3 is 5.73 Å². The van der Waals surface area contributed by atoms with E-state index in [0.29, 0.717) is 16.6 Å². The van der Waals surface area contributed by atoms with E-state index in [1.807, 2.05) is 0 Å². The number of aromatic nitrogens is 1. The second-order valence-electron chi connectivity index (χ2n) is 3.89. The number of nitrogens with two attached hydrogens (primary N) is 1. The van der Waals surface area contributed by atoms with Crippen LogP contribution in [-0.2, 0) is 10.0 Å². The molecule has 2 rings (SSSR count). The molecule has 2 aromatic rings. The van der Waals surface area contributed by atoms with Crippen molar-refractivity contribution in [3.05, 3.63) is 46.3 Å². The molecule has 0 aliphatic rings. The summed E-state index contributed by atoms with van der Waals surface area (Å²) in [5, 5.41) is 0. The maximum absolute atomic E-state index is 13.5. The topological polar surface area (TPSA) is 85.1 Å². The molecule has 0 aliphatic carbocycles. The van der Waals surface area contributed by atoms with Gasteiger partial charge in [-0.05, 0) is 22.0 Å². The van der Waals surface area contributed by atoms with Gasteiger partial charge in [0.1, 0.15) is 22.2 Å². The Morgan fingerprint density at radius 2 is 1.71 bits per heavy atom. The highest BCUT2D eigenvalue weighted by molar-refractivity contribution is 9.10. The summed E-state index contributed by atoms with van der Waals surface area (Å²) in [5.74, 6) is -4.31. The summed E-state index contributed by atoms with van der Waals surface area (Å²) in [4.78, 5) is 3.14. The van der Waals surface area contributed by atoms with Crippen LogP contribution in [0.1, 0.15) is 0 Å². The van der Waals surface area contributed by atoms with Gasteiger partial charge in [-0.25, -0.2) is 26.6 Å². The third kappa shape index (κ3) is 3.27. The van der Waals surface area contributed by atoms with Crippen LogP contribution >= 0.6 is 15.9 Å². The van der Waals surface area contributed by atoms with Gasteiger partial charge in [0.15, 0.2) is 11.6 Å². The minimum Gasteiger partial charge on any atom is -0.383 e. The fourth-order valence-corrected chi connectivity index (χ4v) is 3.14. The zero-order valence-corrected chi connectivity index (χ0v) is 12.5. The van der Waals surface area contributed by atoms with E-state index in [2.05, 4.69) is 20.9 Å². The summed E-state index contributed by atoms with van der Waals surface area (Å²) in [6.45, 7) is 0. The van der Waals surface area contributed by atoms with Crippen LogP contribution in [0.2, 0.25) is 0 Å². The molecule has 0 radical (unpaired) electrons. The number of hydrogen-bond donors (Lipinski definition) is 2. The zero-order chi connectivity index (χ0) is 15.8. The molecule has 0 aliphatic heterocycles. The van der Waals surface area contributed by atoms with E-state index in [0.717, 1.165) is 6.07 Å². The van der Waals surface area contributed by atoms with Gasteiger partial charge in [0.25, 0.3) is 10.0 Å². The Bertz CT molecular complexity index is 791. The van der Waals surface area contributed by atoms with Gasteiger partial charge in [-0.3, -0.25) is 4.72 Å². The highest BCUT2D eigenvalue weighted by Gasteiger charge is 2.23. The first-order valence-corrected chi connectivity index (χ1v) is 7.56. The molecular formula is C11H7BrF3N3O2S. The fourth-order valence-electron chi connectivity index (χ4n) is 1.48. The van der Waals surface area contributed by atoms with Crippen molar-refractivity contribution in [3.8, 4) is 0 Å². The van der Waals surface area contributed by atoms with E-state index >= 15 is 0 Å². The normalized spacial score (nSPS) is 11.4. The minimum absolute atomic E-state index is 0.303. The molecule has 112 valence electrons. The molecule has 0 amide bonds. The molecular weight excluding hydrogens is 375 g/mol. The third-order valence-electron chi connectivity index (χ3n) is 2.38. The lowest BCUT2D eigenvalue weighted by Gasteiger charge is -2.11. The summed E-state index contributed by atoms with van der Waals surface area (Å²) < 4.78 is 65.9. The predicted molar refractivity (Wildman–Crippen MR) is 73.5 cm³/mol. The van der Waals surface area contributed by atoms with Crippen molar-refractivity contribution in [1.82, 2.24) is 4.98 Å². The minimum atomic E-state index is -4.39. The maximum atomic E-state index is 13.5. The lowest BCUT2D eigenvalue weighted by atomic mass is 10.3. The van der Waals surface area contributed by atoms with Crippen molar-refractivity contribution >= 4 is 37.5 Å². The van der Waals surface area contributed by atoms with E-state index in [9.17, 15) is 21.6 Å². The summed E-state index contributed by atoms with van der Waals surface area (Å²) in [6, 6.07) is 1.82. The fraction of sp³-hybridized carbons (Fsp3) is 0. The Hall–Kier alpha value is -1.81. The Morgan fingerprint density at radius 3 is 2.29 bits per heavy atom. The van der Waals surface area contributed by atoms with Crippen molar-refractivity contribution in [2.45, 2.75) is 4.90 Å². The number of nitrogens with zero attached hydrogens (tertiary/aromatic N) is 1. The molecule has 0 spiro atoms. The van der Waals surface area contributed by atoms with Crippen LogP contribution in [0.5, 0.6) is 0 Å². The van der Waals surface area contributed by atoms with Gasteiger partial charge in [0, 0.05) is 22.8 Å². The Balaban J connectivity index is 2.50. The monoisotopic (exact) mass is 381 g/mol. The molecule has 0 saturated heterocycles. The van der Waals surface area contributed by atoms with E-state index in [1.165, 1.54) is 6.20 Å². The van der Waals surface area contributed by atoms with Crippen LogP contribution in [0.3, 0.4) is 0 Å². The summed E-state index contributed by atoms with van der Waals surface area (Å²) in [5.41, 5.74) is 4.43. The van der Waals surface area contributed by atoms with Gasteiger partial charge in [-0.2, -0.15) is 0 Å². The van der Waals surface area contributed by atoms with Gasteiger partial charge in [0.05, 0.1) is 0 Å². The first-order chi connectivity index (χ1) is 9.70. The molecule has 0 saturated carbocycles. The van der Waals surface area contributed by atoms with Gasteiger partial charge in [-0.1, -0.05) is 0 Å². The lowest BCUT2D eigenvalue weighted by molar-refractivity contribution is 0.547. The maximum Gasteiger partial charge on any atom is 0.265 e. The smallest absolute Gasteiger partial charge is 0.265 e. The van der Waals surface area contributed by atoms with Crippen molar-refractivity contribution in [3.63, 3.8) is 0 Å². The Kier molecular flexibility index (Phi) is 4.10. The SMILES string of the molecule is Nc1ncc(Br)cc1S(=O)(=O)Nc1c(F)cc(F)cc1F. The summed E-state index contributed by atoms with van der Waals surface area (Å²) in [7, 11) is -4.39. The molecule has 3 N–H and O–H groups in total. The highest BCUT2D eigenvalue weighted by Crippen LogP contribution is 2.26. The van der Waals surface area contributed by atoms with Crippen LogP contribution in [0.15, 0.2) is 33.8 Å². The average Bonchev–Trinajstić information content (AvgIpc) is 2.36. The third-order valence-corrected chi connectivity index (χ3v) is 4.19. The highest BCUT2D eigenvalue weighted by atomic mass is 79.9. The number of sulfonamides is 1. The molecule has 0 bridgehead atoms. The summed E-state index contributed by atoms with van der Waals surface area (Å²) >= 11 is 3.00. The number of nitrogens with one attached hydrogen (secondary N) is 1. The number of hydrogen-bond acceptors (Lipinski definition) is 4.